The number of hydrogen-bond acceptors (Lipinski definition) is 6. The first-order valence-corrected chi connectivity index (χ1v) is 7.40. The Kier molecular flexibility index (Phi) is 4.51. The van der Waals surface area contributed by atoms with Crippen molar-refractivity contribution in [3.63, 3.8) is 0 Å². The Hall–Kier alpha value is -3.55. The summed E-state index contributed by atoms with van der Waals surface area (Å²) in [6, 6.07) is 13.2. The Morgan fingerprint density at radius 2 is 1.52 bits per heavy atom. The molecule has 3 rings (SSSR count). The van der Waals surface area contributed by atoms with Crippen LogP contribution in [0.4, 0.5) is 33.1 Å². The first-order valence-electron chi connectivity index (χ1n) is 7.40. The molecule has 3 aromatic rings. The fourth-order valence-corrected chi connectivity index (χ4v) is 2.27. The second-order valence-electron chi connectivity index (χ2n) is 5.22. The number of aromatic nitrogens is 2. The molecule has 0 radical (unpaired) electrons. The van der Waals surface area contributed by atoms with Crippen molar-refractivity contribution < 1.29 is 9.31 Å². The number of nitrogens with zero attached hydrogens (tertiary/aromatic N) is 3. The lowest BCUT2D eigenvalue weighted by atomic mass is 10.2. The van der Waals surface area contributed by atoms with Gasteiger partial charge in [-0.15, -0.1) is 0 Å². The van der Waals surface area contributed by atoms with E-state index in [1.807, 2.05) is 19.1 Å². The van der Waals surface area contributed by atoms with Crippen LogP contribution in [-0.2, 0) is 0 Å². The summed E-state index contributed by atoms with van der Waals surface area (Å²) < 4.78 is 13.8. The van der Waals surface area contributed by atoms with Crippen molar-refractivity contribution in [3.8, 4) is 0 Å². The number of anilines is 4. The number of halogens is 1. The third-order valence-corrected chi connectivity index (χ3v) is 3.53. The molecule has 2 aromatic carbocycles. The molecule has 0 spiro atoms. The summed E-state index contributed by atoms with van der Waals surface area (Å²) in [7, 11) is 0. The lowest BCUT2D eigenvalue weighted by molar-refractivity contribution is -0.383. The van der Waals surface area contributed by atoms with Crippen molar-refractivity contribution in [2.75, 3.05) is 10.6 Å². The average molecular weight is 339 g/mol. The summed E-state index contributed by atoms with van der Waals surface area (Å²) >= 11 is 0. The topological polar surface area (TPSA) is 93.0 Å². The van der Waals surface area contributed by atoms with Crippen LogP contribution in [0.2, 0.25) is 0 Å². The number of rotatable bonds is 5. The maximum Gasteiger partial charge on any atom is 0.353 e. The summed E-state index contributed by atoms with van der Waals surface area (Å²) in [5.41, 5.74) is 1.31. The molecule has 126 valence electrons. The van der Waals surface area contributed by atoms with E-state index in [-0.39, 0.29) is 23.0 Å². The first-order chi connectivity index (χ1) is 12.1. The van der Waals surface area contributed by atoms with Crippen molar-refractivity contribution in [1.82, 2.24) is 9.97 Å². The van der Waals surface area contributed by atoms with Gasteiger partial charge in [-0.2, -0.15) is 0 Å². The van der Waals surface area contributed by atoms with Gasteiger partial charge >= 0.3 is 5.69 Å². The Morgan fingerprint density at radius 1 is 0.960 bits per heavy atom. The molecule has 0 aliphatic rings. The van der Waals surface area contributed by atoms with Crippen LogP contribution in [0.3, 0.4) is 0 Å². The number of aryl methyl sites for hydroxylation is 1. The molecule has 8 heteroatoms. The molecule has 0 unspecified atom stereocenters. The predicted octanol–water partition coefficient (Wildman–Crippen LogP) is 4.32. The number of para-hydroxylation sites is 2. The lowest BCUT2D eigenvalue weighted by Crippen LogP contribution is -2.06. The molecule has 1 aromatic heterocycles. The molecule has 0 saturated carbocycles. The third-order valence-electron chi connectivity index (χ3n) is 3.53. The molecule has 7 nitrogen and oxygen atoms in total. The minimum Gasteiger partial charge on any atom is -0.334 e. The Balaban J connectivity index is 2.02. The zero-order valence-corrected chi connectivity index (χ0v) is 13.2. The van der Waals surface area contributed by atoms with E-state index in [1.54, 1.807) is 18.2 Å². The zero-order chi connectivity index (χ0) is 17.8. The second-order valence-corrected chi connectivity index (χ2v) is 5.22. The smallest absolute Gasteiger partial charge is 0.334 e. The van der Waals surface area contributed by atoms with Crippen molar-refractivity contribution in [3.05, 3.63) is 76.4 Å². The lowest BCUT2D eigenvalue weighted by Gasteiger charge is -2.11. The van der Waals surface area contributed by atoms with Crippen LogP contribution < -0.4 is 10.6 Å². The van der Waals surface area contributed by atoms with Gasteiger partial charge in [-0.3, -0.25) is 10.1 Å². The van der Waals surface area contributed by atoms with E-state index in [0.29, 0.717) is 5.69 Å². The van der Waals surface area contributed by atoms with E-state index in [0.717, 1.165) is 5.56 Å². The fourth-order valence-electron chi connectivity index (χ4n) is 2.27. The van der Waals surface area contributed by atoms with Crippen LogP contribution in [-0.4, -0.2) is 14.9 Å². The normalized spacial score (nSPS) is 10.3. The number of nitro groups is 1. The van der Waals surface area contributed by atoms with Crippen LogP contribution in [0.5, 0.6) is 0 Å². The maximum atomic E-state index is 13.8. The second kappa shape index (κ2) is 6.91. The zero-order valence-electron chi connectivity index (χ0n) is 13.2. The van der Waals surface area contributed by atoms with Crippen LogP contribution in [0.25, 0.3) is 0 Å². The highest BCUT2D eigenvalue weighted by molar-refractivity contribution is 5.77. The summed E-state index contributed by atoms with van der Waals surface area (Å²) in [6.07, 6.45) is 1.18. The van der Waals surface area contributed by atoms with Crippen LogP contribution in [0, 0.1) is 22.9 Å². The van der Waals surface area contributed by atoms with Crippen LogP contribution in [0.15, 0.2) is 54.9 Å². The van der Waals surface area contributed by atoms with Gasteiger partial charge in [0.15, 0.2) is 0 Å². The van der Waals surface area contributed by atoms with Gasteiger partial charge in [0.2, 0.25) is 11.6 Å². The molecular weight excluding hydrogens is 325 g/mol. The minimum atomic E-state index is -0.607. The van der Waals surface area contributed by atoms with Crippen LogP contribution >= 0.6 is 0 Å². The molecular formula is C17H14FN5O2. The summed E-state index contributed by atoms with van der Waals surface area (Å²) in [4.78, 5) is 18.8. The fraction of sp³-hybridized carbons (Fsp3) is 0.0588. The molecule has 0 aliphatic carbocycles. The molecule has 2 N–H and O–H groups in total. The molecule has 0 saturated heterocycles. The van der Waals surface area contributed by atoms with E-state index < -0.39 is 10.7 Å². The molecule has 25 heavy (non-hydrogen) atoms. The van der Waals surface area contributed by atoms with E-state index in [1.165, 1.54) is 24.5 Å². The maximum absolute atomic E-state index is 13.8. The van der Waals surface area contributed by atoms with Gasteiger partial charge in [0.05, 0.1) is 10.6 Å². The Morgan fingerprint density at radius 3 is 2.12 bits per heavy atom. The molecule has 0 amide bonds. The van der Waals surface area contributed by atoms with E-state index in [4.69, 9.17) is 0 Å². The summed E-state index contributed by atoms with van der Waals surface area (Å²) in [6.45, 7) is 1.87. The van der Waals surface area contributed by atoms with Gasteiger partial charge in [-0.1, -0.05) is 30.3 Å². The number of nitrogens with one attached hydrogen (secondary N) is 2. The number of hydrogen-bond donors (Lipinski definition) is 2. The van der Waals surface area contributed by atoms with E-state index >= 15 is 0 Å². The van der Waals surface area contributed by atoms with Gasteiger partial charge in [-0.25, -0.2) is 14.4 Å². The minimum absolute atomic E-state index is 0.0214. The van der Waals surface area contributed by atoms with Crippen molar-refractivity contribution in [2.45, 2.75) is 6.92 Å². The largest absolute Gasteiger partial charge is 0.353 e. The third kappa shape index (κ3) is 3.52. The standard InChI is InChI=1S/C17H14FN5O2/c1-11-6-2-4-8-13(11)21-16-15(23(24)25)17(20-10-19-16)22-14-9-5-3-7-12(14)18/h2-10H,1H3,(H2,19,20,21,22). The Bertz CT molecular complexity index is 867. The highest BCUT2D eigenvalue weighted by Crippen LogP contribution is 2.33. The van der Waals surface area contributed by atoms with Gasteiger partial charge in [-0.05, 0) is 30.7 Å². The van der Waals surface area contributed by atoms with Crippen molar-refractivity contribution in [2.24, 2.45) is 0 Å². The summed E-state index contributed by atoms with van der Waals surface area (Å²) in [5, 5.41) is 17.1. The molecule has 0 atom stereocenters. The van der Waals surface area contributed by atoms with Gasteiger partial charge in [0.25, 0.3) is 0 Å². The first kappa shape index (κ1) is 16.3. The highest BCUT2D eigenvalue weighted by Gasteiger charge is 2.24. The molecule has 0 aliphatic heterocycles. The summed E-state index contributed by atoms with van der Waals surface area (Å²) in [5.74, 6) is -0.613. The monoisotopic (exact) mass is 339 g/mol. The Labute approximate surface area is 142 Å². The van der Waals surface area contributed by atoms with Gasteiger partial charge in [0.1, 0.15) is 12.1 Å². The molecule has 0 fully saturated rings. The van der Waals surface area contributed by atoms with Crippen molar-refractivity contribution in [1.29, 1.82) is 0 Å². The molecule has 1 heterocycles. The van der Waals surface area contributed by atoms with Gasteiger partial charge < -0.3 is 10.6 Å². The predicted molar refractivity (Wildman–Crippen MR) is 92.8 cm³/mol. The SMILES string of the molecule is Cc1ccccc1Nc1ncnc(Nc2ccccc2F)c1[N+](=O)[O-]. The van der Waals surface area contributed by atoms with Crippen LogP contribution in [0.1, 0.15) is 5.56 Å². The van der Waals surface area contributed by atoms with Crippen molar-refractivity contribution >= 4 is 28.7 Å². The molecule has 0 bridgehead atoms. The van der Waals surface area contributed by atoms with E-state index in [2.05, 4.69) is 20.6 Å². The number of benzene rings is 2. The van der Waals surface area contributed by atoms with Gasteiger partial charge in [0, 0.05) is 5.69 Å². The van der Waals surface area contributed by atoms with E-state index in [9.17, 15) is 14.5 Å². The average Bonchev–Trinajstić information content (AvgIpc) is 2.59. The highest BCUT2D eigenvalue weighted by atomic mass is 19.1. The quantitative estimate of drug-likeness (QED) is 0.531.